The predicted molar refractivity (Wildman–Crippen MR) is 56.7 cm³/mol. The van der Waals surface area contributed by atoms with Gasteiger partial charge in [-0.2, -0.15) is 8.42 Å². The van der Waals surface area contributed by atoms with Crippen molar-refractivity contribution < 1.29 is 84.1 Å². The number of aryl methyl sites for hydroxylation is 1. The molecule has 1 aromatic carbocycles. The van der Waals surface area contributed by atoms with Crippen molar-refractivity contribution in [3.63, 3.8) is 0 Å². The fourth-order valence-corrected chi connectivity index (χ4v) is 2.46. The van der Waals surface area contributed by atoms with E-state index in [0.717, 1.165) is 6.07 Å². The Morgan fingerprint density at radius 1 is 1.42 bits per heavy atom. The van der Waals surface area contributed by atoms with Gasteiger partial charge in [0.25, 0.3) is 10.1 Å². The molecular formula is C10H11KO7S. The Bertz CT molecular complexity index is 580. The standard InChI is InChI=1S/C10H12O7S.K/c1-6-3-4-7(11)5-8(6)18(15,16)17-10(2,14)9(12)13;/h3-5,11,14H,1-2H3,(H,12,13);/q;+1/p-1. The van der Waals surface area contributed by atoms with Gasteiger partial charge in [-0.1, -0.05) is 6.07 Å². The number of benzene rings is 1. The van der Waals surface area contributed by atoms with Gasteiger partial charge in [-0.3, -0.25) is 0 Å². The molecule has 100 valence electrons. The van der Waals surface area contributed by atoms with Crippen molar-refractivity contribution in [3.8, 4) is 5.75 Å². The number of rotatable bonds is 4. The average molecular weight is 314 g/mol. The third-order valence-corrected chi connectivity index (χ3v) is 3.61. The van der Waals surface area contributed by atoms with E-state index in [2.05, 4.69) is 4.18 Å². The van der Waals surface area contributed by atoms with Crippen LogP contribution in [0.5, 0.6) is 5.75 Å². The number of hydrogen-bond acceptors (Lipinski definition) is 7. The first kappa shape index (κ1) is 19.0. The quantitative estimate of drug-likeness (QED) is 0.328. The second-order valence-electron chi connectivity index (χ2n) is 3.76. The van der Waals surface area contributed by atoms with Crippen molar-refractivity contribution in [2.75, 3.05) is 0 Å². The minimum atomic E-state index is -4.55. The molecule has 2 N–H and O–H groups in total. The summed E-state index contributed by atoms with van der Waals surface area (Å²) in [5.41, 5.74) is 0.224. The van der Waals surface area contributed by atoms with Crippen molar-refractivity contribution in [1.29, 1.82) is 0 Å². The van der Waals surface area contributed by atoms with E-state index in [0.29, 0.717) is 6.92 Å². The number of phenolic OH excluding ortho intramolecular Hbond substituents is 1. The molecule has 0 radical (unpaired) electrons. The molecular weight excluding hydrogens is 303 g/mol. The first-order chi connectivity index (χ1) is 8.06. The summed E-state index contributed by atoms with van der Waals surface area (Å²) in [5.74, 6) is -5.42. The zero-order valence-electron chi connectivity index (χ0n) is 10.6. The maximum absolute atomic E-state index is 11.7. The van der Waals surface area contributed by atoms with Crippen LogP contribution < -0.4 is 56.5 Å². The summed E-state index contributed by atoms with van der Waals surface area (Å²) in [6.45, 7) is 2.04. The molecule has 1 unspecified atom stereocenters. The van der Waals surface area contributed by atoms with E-state index < -0.39 is 26.8 Å². The van der Waals surface area contributed by atoms with Gasteiger partial charge in [0.05, 0.1) is 0 Å². The third-order valence-electron chi connectivity index (χ3n) is 2.09. The fourth-order valence-electron chi connectivity index (χ4n) is 1.15. The molecule has 0 fully saturated rings. The average Bonchev–Trinajstić information content (AvgIpc) is 2.19. The summed E-state index contributed by atoms with van der Waals surface area (Å²) in [5, 5.41) is 28.9. The van der Waals surface area contributed by atoms with E-state index in [1.807, 2.05) is 0 Å². The first-order valence-electron chi connectivity index (χ1n) is 4.75. The molecule has 1 aromatic rings. The Labute approximate surface area is 152 Å². The molecule has 9 heteroatoms. The largest absolute Gasteiger partial charge is 1.00 e. The second-order valence-corrected chi connectivity index (χ2v) is 5.27. The van der Waals surface area contributed by atoms with Gasteiger partial charge in [0, 0.05) is 6.07 Å². The van der Waals surface area contributed by atoms with Crippen LogP contribution >= 0.6 is 0 Å². The van der Waals surface area contributed by atoms with Gasteiger partial charge in [-0.15, -0.1) is 0 Å². The number of aliphatic hydroxyl groups is 1. The molecule has 1 atom stereocenters. The maximum Gasteiger partial charge on any atom is 1.00 e. The van der Waals surface area contributed by atoms with Crippen LogP contribution in [0.25, 0.3) is 0 Å². The van der Waals surface area contributed by atoms with Gasteiger partial charge in [-0.25, -0.2) is 4.18 Å². The molecule has 0 heterocycles. The number of phenols is 1. The van der Waals surface area contributed by atoms with Crippen molar-refractivity contribution in [3.05, 3.63) is 23.8 Å². The Morgan fingerprint density at radius 3 is 2.42 bits per heavy atom. The first-order valence-corrected chi connectivity index (χ1v) is 6.16. The Balaban J connectivity index is 0.00000324. The molecule has 0 amide bonds. The van der Waals surface area contributed by atoms with Crippen LogP contribution in [0.4, 0.5) is 0 Å². The summed E-state index contributed by atoms with van der Waals surface area (Å²) in [7, 11) is -4.55. The smallest absolute Gasteiger partial charge is 0.544 e. The molecule has 0 saturated heterocycles. The van der Waals surface area contributed by atoms with Crippen LogP contribution in [0, 0.1) is 6.92 Å². The Kier molecular flexibility index (Phi) is 6.63. The maximum atomic E-state index is 11.7. The summed E-state index contributed by atoms with van der Waals surface area (Å²) >= 11 is 0. The molecule has 7 nitrogen and oxygen atoms in total. The molecule has 1 rings (SSSR count). The number of aliphatic carboxylic acids is 1. The zero-order valence-corrected chi connectivity index (χ0v) is 14.5. The normalized spacial score (nSPS) is 14.3. The Morgan fingerprint density at radius 2 is 1.95 bits per heavy atom. The summed E-state index contributed by atoms with van der Waals surface area (Å²) < 4.78 is 27.6. The SMILES string of the molecule is Cc1ccc(O)cc1S(=O)(=O)OC(C)(O)C(=O)[O-].[K+]. The van der Waals surface area contributed by atoms with E-state index in [1.54, 1.807) is 0 Å². The molecule has 19 heavy (non-hydrogen) atoms. The number of carboxylic acid groups (broad SMARTS) is 1. The molecule has 0 saturated carbocycles. The minimum Gasteiger partial charge on any atom is -0.544 e. The molecule has 0 aliphatic heterocycles. The number of carbonyl (C=O) groups excluding carboxylic acids is 1. The summed E-state index contributed by atoms with van der Waals surface area (Å²) in [4.78, 5) is 10.0. The van der Waals surface area contributed by atoms with E-state index in [-0.39, 0.29) is 62.7 Å². The van der Waals surface area contributed by atoms with Crippen LogP contribution in [0.3, 0.4) is 0 Å². The summed E-state index contributed by atoms with van der Waals surface area (Å²) in [6.07, 6.45) is 0. The van der Waals surface area contributed by atoms with E-state index in [1.165, 1.54) is 19.1 Å². The summed E-state index contributed by atoms with van der Waals surface area (Å²) in [6, 6.07) is 3.45. The zero-order chi connectivity index (χ0) is 14.1. The van der Waals surface area contributed by atoms with Gasteiger partial charge < -0.3 is 20.1 Å². The predicted octanol–water partition coefficient (Wildman–Crippen LogP) is -4.13. The monoisotopic (exact) mass is 314 g/mol. The molecule has 0 spiro atoms. The van der Waals surface area contributed by atoms with Crippen LogP contribution in [0.1, 0.15) is 12.5 Å². The van der Waals surface area contributed by atoms with Gasteiger partial charge >= 0.3 is 51.4 Å². The van der Waals surface area contributed by atoms with Crippen molar-refractivity contribution in [1.82, 2.24) is 0 Å². The Hall–Kier alpha value is -0.00364. The topological polar surface area (TPSA) is 124 Å². The van der Waals surface area contributed by atoms with Crippen molar-refractivity contribution in [2.45, 2.75) is 24.5 Å². The number of carboxylic acids is 1. The number of aromatic hydroxyl groups is 1. The van der Waals surface area contributed by atoms with Crippen LogP contribution in [0.2, 0.25) is 0 Å². The molecule has 0 aliphatic rings. The van der Waals surface area contributed by atoms with E-state index in [9.17, 15) is 28.5 Å². The van der Waals surface area contributed by atoms with Crippen LogP contribution in [-0.4, -0.2) is 30.4 Å². The second kappa shape index (κ2) is 6.63. The van der Waals surface area contributed by atoms with E-state index in [4.69, 9.17) is 0 Å². The molecule has 0 aromatic heterocycles. The van der Waals surface area contributed by atoms with Crippen LogP contribution in [-0.2, 0) is 19.1 Å². The van der Waals surface area contributed by atoms with Gasteiger partial charge in [0.15, 0.2) is 0 Å². The molecule has 0 bridgehead atoms. The third kappa shape index (κ3) is 4.79. The van der Waals surface area contributed by atoms with Gasteiger partial charge in [0.2, 0.25) is 5.79 Å². The minimum absolute atomic E-state index is 0. The van der Waals surface area contributed by atoms with Crippen molar-refractivity contribution >= 4 is 16.1 Å². The van der Waals surface area contributed by atoms with E-state index >= 15 is 0 Å². The number of carbonyl (C=O) groups is 1. The number of hydrogen-bond donors (Lipinski definition) is 2. The van der Waals surface area contributed by atoms with Crippen molar-refractivity contribution in [2.24, 2.45) is 0 Å². The fraction of sp³-hybridized carbons (Fsp3) is 0.300. The van der Waals surface area contributed by atoms with Crippen LogP contribution in [0.15, 0.2) is 23.1 Å². The van der Waals surface area contributed by atoms with Gasteiger partial charge in [-0.05, 0) is 25.5 Å². The molecule has 0 aliphatic carbocycles. The van der Waals surface area contributed by atoms with Gasteiger partial charge in [0.1, 0.15) is 16.6 Å².